The van der Waals surface area contributed by atoms with Crippen LogP contribution in [0.4, 0.5) is 0 Å². The first-order valence-electron chi connectivity index (χ1n) is 11.5. The summed E-state index contributed by atoms with van der Waals surface area (Å²) in [7, 11) is -2.67. The average Bonchev–Trinajstić information content (AvgIpc) is 3.22. The molecule has 2 aromatic rings. The maximum atomic E-state index is 11.7. The van der Waals surface area contributed by atoms with Crippen LogP contribution in [0.5, 0.6) is 0 Å². The summed E-state index contributed by atoms with van der Waals surface area (Å²) in [6, 6.07) is 21.2. The molecule has 2 saturated heterocycles. The number of thioether (sulfide) groups is 1. The van der Waals surface area contributed by atoms with Crippen molar-refractivity contribution in [3.05, 3.63) is 60.7 Å². The lowest BCUT2D eigenvalue weighted by molar-refractivity contribution is -0.163. The molecule has 0 amide bonds. The summed E-state index contributed by atoms with van der Waals surface area (Å²) >= 11 is 1.58. The van der Waals surface area contributed by atoms with Crippen molar-refractivity contribution in [3.63, 3.8) is 0 Å². The number of fused-ring (bicyclic) bond motifs is 1. The molecule has 2 fully saturated rings. The van der Waals surface area contributed by atoms with Gasteiger partial charge in [0.1, 0.15) is 12.2 Å². The molecule has 1 unspecified atom stereocenters. The fraction of sp³-hybridized carbons (Fsp3) is 0.500. The molecule has 0 aromatic heterocycles. The van der Waals surface area contributed by atoms with E-state index in [0.717, 1.165) is 0 Å². The molecule has 4 atom stereocenters. The summed E-state index contributed by atoms with van der Waals surface area (Å²) in [4.78, 5) is 11.7. The highest BCUT2D eigenvalue weighted by atomic mass is 32.2. The molecule has 0 radical (unpaired) electrons. The van der Waals surface area contributed by atoms with E-state index in [1.165, 1.54) is 17.3 Å². The molecule has 2 heterocycles. The van der Waals surface area contributed by atoms with Crippen LogP contribution in [-0.4, -0.2) is 49.6 Å². The van der Waals surface area contributed by atoms with E-state index in [1.54, 1.807) is 11.8 Å². The Morgan fingerprint density at radius 1 is 0.970 bits per heavy atom. The summed E-state index contributed by atoms with van der Waals surface area (Å²) < 4.78 is 25.1. The SMILES string of the molecule is CC(=O)OC1S[C@H](CO[Si](c2ccccc2)(c2ccccc2)C(C)(C)C)[C@H]2OC(C)(C)O[C@@H]12. The fourth-order valence-electron chi connectivity index (χ4n) is 5.00. The Bertz CT molecular complexity index is 920. The Morgan fingerprint density at radius 3 is 1.97 bits per heavy atom. The molecule has 0 saturated carbocycles. The number of benzene rings is 2. The highest BCUT2D eigenvalue weighted by Gasteiger charge is 2.57. The lowest BCUT2D eigenvalue weighted by Crippen LogP contribution is -2.67. The van der Waals surface area contributed by atoms with Crippen molar-refractivity contribution < 1.29 is 23.4 Å². The second kappa shape index (κ2) is 9.19. The number of hydrogen-bond donors (Lipinski definition) is 0. The molecule has 5 nitrogen and oxygen atoms in total. The van der Waals surface area contributed by atoms with Crippen LogP contribution in [0.15, 0.2) is 60.7 Å². The van der Waals surface area contributed by atoms with E-state index in [2.05, 4.69) is 69.3 Å². The smallest absolute Gasteiger partial charge is 0.303 e. The summed E-state index contributed by atoms with van der Waals surface area (Å²) in [6.45, 7) is 12.5. The number of rotatable bonds is 6. The number of carbonyl (C=O) groups excluding carboxylic acids is 1. The highest BCUT2D eigenvalue weighted by Crippen LogP contribution is 2.47. The van der Waals surface area contributed by atoms with Crippen LogP contribution in [0, 0.1) is 0 Å². The fourth-order valence-corrected chi connectivity index (χ4v) is 11.1. The second-order valence-electron chi connectivity index (χ2n) is 10.2. The zero-order valence-electron chi connectivity index (χ0n) is 20.2. The topological polar surface area (TPSA) is 54.0 Å². The van der Waals surface area contributed by atoms with E-state index < -0.39 is 19.5 Å². The monoisotopic (exact) mass is 486 g/mol. The predicted octanol–water partition coefficient (Wildman–Crippen LogP) is 4.09. The number of hydrogen-bond acceptors (Lipinski definition) is 6. The maximum absolute atomic E-state index is 11.7. The zero-order valence-corrected chi connectivity index (χ0v) is 22.1. The highest BCUT2D eigenvalue weighted by molar-refractivity contribution is 8.00. The van der Waals surface area contributed by atoms with Crippen molar-refractivity contribution in [2.24, 2.45) is 0 Å². The summed E-state index contributed by atoms with van der Waals surface area (Å²) in [6.07, 6.45) is -0.505. The van der Waals surface area contributed by atoms with Crippen LogP contribution in [0.1, 0.15) is 41.5 Å². The van der Waals surface area contributed by atoms with Crippen molar-refractivity contribution in [2.75, 3.05) is 6.61 Å². The summed E-state index contributed by atoms with van der Waals surface area (Å²) in [5.74, 6) is -1.03. The minimum atomic E-state index is -2.67. The third-order valence-corrected chi connectivity index (χ3v) is 12.7. The molecule has 2 aliphatic rings. The van der Waals surface area contributed by atoms with Gasteiger partial charge in [0.2, 0.25) is 0 Å². The zero-order chi connectivity index (χ0) is 23.9. The van der Waals surface area contributed by atoms with E-state index in [9.17, 15) is 4.79 Å². The van der Waals surface area contributed by atoms with Crippen LogP contribution in [0.25, 0.3) is 0 Å². The van der Waals surface area contributed by atoms with Crippen LogP contribution >= 0.6 is 11.8 Å². The quantitative estimate of drug-likeness (QED) is 0.453. The third kappa shape index (κ3) is 4.79. The average molecular weight is 487 g/mol. The van der Waals surface area contributed by atoms with Crippen LogP contribution in [-0.2, 0) is 23.4 Å². The van der Waals surface area contributed by atoms with Crippen LogP contribution in [0.2, 0.25) is 5.04 Å². The minimum absolute atomic E-state index is 0.0113. The van der Waals surface area contributed by atoms with Crippen LogP contribution < -0.4 is 10.4 Å². The van der Waals surface area contributed by atoms with Crippen molar-refractivity contribution in [2.45, 2.75) is 75.3 Å². The van der Waals surface area contributed by atoms with E-state index in [4.69, 9.17) is 18.6 Å². The molecule has 2 aromatic carbocycles. The minimum Gasteiger partial charge on any atom is -0.449 e. The molecule has 2 aliphatic heterocycles. The van der Waals surface area contributed by atoms with Gasteiger partial charge in [-0.05, 0) is 29.3 Å². The molecule has 4 rings (SSSR count). The molecule has 0 aliphatic carbocycles. The predicted molar refractivity (Wildman–Crippen MR) is 134 cm³/mol. The molecular weight excluding hydrogens is 452 g/mol. The molecule has 178 valence electrons. The maximum Gasteiger partial charge on any atom is 0.303 e. The van der Waals surface area contributed by atoms with Gasteiger partial charge in [-0.1, -0.05) is 81.4 Å². The Kier molecular flexibility index (Phi) is 6.82. The van der Waals surface area contributed by atoms with Crippen molar-refractivity contribution >= 4 is 36.4 Å². The standard InChI is InChI=1S/C26H34O5SSi/c1-18(27)29-24-23-22(30-26(5,6)31-23)21(32-24)17-28-33(25(2,3)4,19-13-9-7-10-14-19)20-15-11-8-12-16-20/h7-16,21-24H,17H2,1-6H3/t21-,22-,23-,24?/m1/s1. The van der Waals surface area contributed by atoms with Gasteiger partial charge in [0.05, 0.1) is 5.25 Å². The van der Waals surface area contributed by atoms with E-state index in [0.29, 0.717) is 6.61 Å². The second-order valence-corrected chi connectivity index (χ2v) is 15.8. The van der Waals surface area contributed by atoms with Gasteiger partial charge in [0.15, 0.2) is 11.2 Å². The van der Waals surface area contributed by atoms with Gasteiger partial charge < -0.3 is 18.6 Å². The van der Waals surface area contributed by atoms with Gasteiger partial charge >= 0.3 is 5.97 Å². The van der Waals surface area contributed by atoms with Crippen molar-refractivity contribution in [3.8, 4) is 0 Å². The number of esters is 1. The Hall–Kier alpha value is -1.64. The van der Waals surface area contributed by atoms with Gasteiger partial charge in [-0.2, -0.15) is 0 Å². The number of ether oxygens (including phenoxy) is 3. The largest absolute Gasteiger partial charge is 0.449 e. The lowest BCUT2D eigenvalue weighted by atomic mass is 10.1. The Morgan fingerprint density at radius 2 is 1.48 bits per heavy atom. The summed E-state index contributed by atoms with van der Waals surface area (Å²) in [5.41, 5.74) is -0.401. The molecule has 0 N–H and O–H groups in total. The number of carbonyl (C=O) groups is 1. The van der Waals surface area contributed by atoms with Gasteiger partial charge in [-0.25, -0.2) is 0 Å². The molecular formula is C26H34O5SSi. The van der Waals surface area contributed by atoms with Crippen molar-refractivity contribution in [1.82, 2.24) is 0 Å². The van der Waals surface area contributed by atoms with Gasteiger partial charge in [0.25, 0.3) is 8.32 Å². The molecule has 0 spiro atoms. The Balaban J connectivity index is 1.68. The van der Waals surface area contributed by atoms with Gasteiger partial charge in [-0.15, -0.1) is 11.8 Å². The first kappa shape index (κ1) is 24.5. The normalized spacial score (nSPS) is 26.7. The third-order valence-electron chi connectivity index (χ3n) is 6.27. The van der Waals surface area contributed by atoms with E-state index >= 15 is 0 Å². The first-order valence-corrected chi connectivity index (χ1v) is 14.3. The van der Waals surface area contributed by atoms with E-state index in [1.807, 2.05) is 26.0 Å². The van der Waals surface area contributed by atoms with Crippen LogP contribution in [0.3, 0.4) is 0 Å². The Labute approximate surface area is 202 Å². The van der Waals surface area contributed by atoms with Gasteiger partial charge in [0, 0.05) is 13.5 Å². The van der Waals surface area contributed by atoms with Gasteiger partial charge in [-0.3, -0.25) is 4.79 Å². The molecule has 0 bridgehead atoms. The summed E-state index contributed by atoms with van der Waals surface area (Å²) in [5, 5.41) is 2.36. The lowest BCUT2D eigenvalue weighted by Gasteiger charge is -2.43. The molecule has 33 heavy (non-hydrogen) atoms. The van der Waals surface area contributed by atoms with Crippen molar-refractivity contribution in [1.29, 1.82) is 0 Å². The first-order chi connectivity index (χ1) is 15.5. The van der Waals surface area contributed by atoms with E-state index in [-0.39, 0.29) is 28.5 Å². The molecule has 7 heteroatoms.